The molecule has 162 valence electrons. The van der Waals surface area contributed by atoms with Gasteiger partial charge in [-0.1, -0.05) is 87.9 Å². The Kier molecular flexibility index (Phi) is 11.7. The number of fused-ring (bicyclic) bond motifs is 2. The van der Waals surface area contributed by atoms with E-state index in [-0.39, 0.29) is 12.5 Å². The zero-order chi connectivity index (χ0) is 20.7. The molecule has 3 nitrogen and oxygen atoms in total. The van der Waals surface area contributed by atoms with E-state index in [4.69, 9.17) is 9.84 Å². The molecule has 0 spiro atoms. The number of rotatable bonds is 13. The zero-order valence-corrected chi connectivity index (χ0v) is 18.2. The van der Waals surface area contributed by atoms with Crippen molar-refractivity contribution in [3.8, 4) is 0 Å². The summed E-state index contributed by atoms with van der Waals surface area (Å²) in [5.74, 6) is 1.24. The molecule has 3 unspecified atom stereocenters. The molecule has 0 amide bonds. The highest BCUT2D eigenvalue weighted by molar-refractivity contribution is 5.66. The lowest BCUT2D eigenvalue weighted by molar-refractivity contribution is -0.138. The molecule has 0 aliphatic heterocycles. The first kappa shape index (κ1) is 23.7. The molecule has 0 saturated heterocycles. The lowest BCUT2D eigenvalue weighted by Gasteiger charge is -2.17. The van der Waals surface area contributed by atoms with E-state index < -0.39 is 5.97 Å². The lowest BCUT2D eigenvalue weighted by Crippen LogP contribution is -2.15. The Labute approximate surface area is 177 Å². The molecule has 0 radical (unpaired) electrons. The van der Waals surface area contributed by atoms with Crippen LogP contribution in [0.25, 0.3) is 0 Å². The van der Waals surface area contributed by atoms with E-state index in [0.717, 1.165) is 30.2 Å². The van der Waals surface area contributed by atoms with Crippen LogP contribution in [-0.4, -0.2) is 17.2 Å². The normalized spacial score (nSPS) is 20.3. The van der Waals surface area contributed by atoms with Gasteiger partial charge in [-0.25, -0.2) is 0 Å². The highest BCUT2D eigenvalue weighted by Gasteiger charge is 2.25. The maximum absolute atomic E-state index is 10.8. The van der Waals surface area contributed by atoms with Crippen molar-refractivity contribution in [2.24, 2.45) is 11.8 Å². The third-order valence-electron chi connectivity index (χ3n) is 6.06. The average Bonchev–Trinajstić information content (AvgIpc) is 3.39. The minimum Gasteiger partial charge on any atom is -0.481 e. The van der Waals surface area contributed by atoms with Crippen molar-refractivity contribution in [1.82, 2.24) is 0 Å². The van der Waals surface area contributed by atoms with Crippen LogP contribution in [0.2, 0.25) is 0 Å². The quantitative estimate of drug-likeness (QED) is 0.282. The molecular weight excluding hydrogens is 360 g/mol. The van der Waals surface area contributed by atoms with Gasteiger partial charge in [-0.05, 0) is 49.5 Å². The summed E-state index contributed by atoms with van der Waals surface area (Å²) in [6, 6.07) is 10.1. The van der Waals surface area contributed by atoms with Gasteiger partial charge in [0.1, 0.15) is 0 Å². The van der Waals surface area contributed by atoms with E-state index in [1.54, 1.807) is 0 Å². The van der Waals surface area contributed by atoms with E-state index in [1.807, 2.05) is 30.3 Å². The van der Waals surface area contributed by atoms with Gasteiger partial charge in [-0.2, -0.15) is 0 Å². The lowest BCUT2D eigenvalue weighted by atomic mass is 10.0. The van der Waals surface area contributed by atoms with Crippen LogP contribution in [0.1, 0.15) is 89.5 Å². The van der Waals surface area contributed by atoms with E-state index in [2.05, 4.69) is 19.1 Å². The van der Waals surface area contributed by atoms with Crippen molar-refractivity contribution in [3.05, 3.63) is 48.0 Å². The summed E-state index contributed by atoms with van der Waals surface area (Å²) in [5, 5.41) is 8.86. The number of carboxylic acid groups (broad SMARTS) is 1. The van der Waals surface area contributed by atoms with Crippen LogP contribution in [0.3, 0.4) is 0 Å². The van der Waals surface area contributed by atoms with Crippen LogP contribution in [0, 0.1) is 11.8 Å². The Hall–Kier alpha value is -1.61. The molecule has 1 aromatic carbocycles. The largest absolute Gasteiger partial charge is 0.481 e. The Morgan fingerprint density at radius 1 is 1.00 bits per heavy atom. The molecule has 2 aliphatic carbocycles. The predicted octanol–water partition coefficient (Wildman–Crippen LogP) is 7.16. The maximum atomic E-state index is 10.8. The second kappa shape index (κ2) is 14.4. The second-order valence-corrected chi connectivity index (χ2v) is 8.63. The number of unbranched alkanes of at least 4 members (excludes halogenated alkanes) is 5. The van der Waals surface area contributed by atoms with E-state index in [1.165, 1.54) is 51.4 Å². The van der Waals surface area contributed by atoms with Crippen LogP contribution in [0.5, 0.6) is 0 Å². The summed E-state index contributed by atoms with van der Waals surface area (Å²) in [6.45, 7) is 2.79. The van der Waals surface area contributed by atoms with Crippen LogP contribution in [-0.2, 0) is 16.1 Å². The smallest absolute Gasteiger partial charge is 0.303 e. The minimum absolute atomic E-state index is 0.0579. The molecule has 1 fully saturated rings. The Morgan fingerprint density at radius 3 is 2.21 bits per heavy atom. The molecule has 3 heteroatoms. The molecule has 29 heavy (non-hydrogen) atoms. The van der Waals surface area contributed by atoms with Gasteiger partial charge in [-0.15, -0.1) is 0 Å². The fraction of sp³-hybridized carbons (Fsp3) is 0.654. The number of carbonyl (C=O) groups is 1. The summed E-state index contributed by atoms with van der Waals surface area (Å²) in [6.07, 6.45) is 18.5. The first-order chi connectivity index (χ1) is 14.2. The summed E-state index contributed by atoms with van der Waals surface area (Å²) in [7, 11) is 0. The van der Waals surface area contributed by atoms with E-state index >= 15 is 0 Å². The zero-order valence-electron chi connectivity index (χ0n) is 18.2. The van der Waals surface area contributed by atoms with Gasteiger partial charge in [0, 0.05) is 6.42 Å². The van der Waals surface area contributed by atoms with Crippen molar-refractivity contribution in [2.75, 3.05) is 0 Å². The number of hydrogen-bond acceptors (Lipinski definition) is 2. The fourth-order valence-electron chi connectivity index (χ4n) is 4.25. The van der Waals surface area contributed by atoms with E-state index in [0.29, 0.717) is 13.0 Å². The average molecular weight is 401 g/mol. The number of benzene rings is 1. The van der Waals surface area contributed by atoms with Crippen molar-refractivity contribution >= 4 is 5.97 Å². The van der Waals surface area contributed by atoms with Crippen LogP contribution >= 0.6 is 0 Å². The molecule has 0 heterocycles. The van der Waals surface area contributed by atoms with Gasteiger partial charge >= 0.3 is 5.97 Å². The molecule has 0 aromatic heterocycles. The Bertz CT molecular complexity index is 569. The van der Waals surface area contributed by atoms with E-state index in [9.17, 15) is 4.79 Å². The van der Waals surface area contributed by atoms with Crippen molar-refractivity contribution in [3.63, 3.8) is 0 Å². The highest BCUT2D eigenvalue weighted by Crippen LogP contribution is 2.38. The third kappa shape index (κ3) is 10.7. The molecule has 2 aliphatic rings. The standard InChI is InChI=1S/C19H30O3.C7H10/c1-2-3-4-5-6-10-13-18(14-15-19(20)21)22-16-17-11-8-7-9-12-17;1-2-7-4-3-6(1)5-7/h7-9,11-12,18H,2-6,10,13-16H2,1H3,(H,20,21);1-2,6-7H,3-5H2. The number of hydrogen-bond donors (Lipinski definition) is 1. The van der Waals surface area contributed by atoms with Crippen molar-refractivity contribution < 1.29 is 14.6 Å². The van der Waals surface area contributed by atoms with Gasteiger partial charge in [0.25, 0.3) is 0 Å². The molecule has 2 bridgehead atoms. The third-order valence-corrected chi connectivity index (χ3v) is 6.06. The molecule has 1 N–H and O–H groups in total. The predicted molar refractivity (Wildman–Crippen MR) is 120 cm³/mol. The molecular formula is C26H40O3. The van der Waals surface area contributed by atoms with Gasteiger partial charge in [-0.3, -0.25) is 4.79 Å². The highest BCUT2D eigenvalue weighted by atomic mass is 16.5. The van der Waals surface area contributed by atoms with Gasteiger partial charge in [0.2, 0.25) is 0 Å². The number of carboxylic acids is 1. The summed E-state index contributed by atoms with van der Waals surface area (Å²) in [4.78, 5) is 10.8. The minimum atomic E-state index is -0.740. The number of allylic oxidation sites excluding steroid dienone is 2. The van der Waals surface area contributed by atoms with Crippen molar-refractivity contribution in [1.29, 1.82) is 0 Å². The van der Waals surface area contributed by atoms with Crippen LogP contribution in [0.4, 0.5) is 0 Å². The molecule has 3 atom stereocenters. The SMILES string of the molecule is C1=CC2CCC1C2.CCCCCCCCC(CCC(=O)O)OCc1ccccc1. The van der Waals surface area contributed by atoms with Crippen LogP contribution < -0.4 is 0 Å². The first-order valence-electron chi connectivity index (χ1n) is 11.7. The maximum Gasteiger partial charge on any atom is 0.303 e. The monoisotopic (exact) mass is 400 g/mol. The van der Waals surface area contributed by atoms with Crippen LogP contribution in [0.15, 0.2) is 42.5 Å². The molecule has 3 rings (SSSR count). The summed E-state index contributed by atoms with van der Waals surface area (Å²) >= 11 is 0. The topological polar surface area (TPSA) is 46.5 Å². The molecule has 1 saturated carbocycles. The van der Waals surface area contributed by atoms with Gasteiger partial charge in [0.15, 0.2) is 0 Å². The van der Waals surface area contributed by atoms with Gasteiger partial charge in [0.05, 0.1) is 12.7 Å². The Morgan fingerprint density at radius 2 is 1.66 bits per heavy atom. The second-order valence-electron chi connectivity index (χ2n) is 8.63. The Balaban J connectivity index is 0.000000351. The molecule has 1 aromatic rings. The van der Waals surface area contributed by atoms with Gasteiger partial charge < -0.3 is 9.84 Å². The summed E-state index contributed by atoms with van der Waals surface area (Å²) in [5.41, 5.74) is 1.14. The number of ether oxygens (including phenoxy) is 1. The first-order valence-corrected chi connectivity index (χ1v) is 11.7. The van der Waals surface area contributed by atoms with Crippen molar-refractivity contribution in [2.45, 2.75) is 96.7 Å². The fourth-order valence-corrected chi connectivity index (χ4v) is 4.25. The number of aliphatic carboxylic acids is 1. The summed E-state index contributed by atoms with van der Waals surface area (Å²) < 4.78 is 5.94.